The van der Waals surface area contributed by atoms with Crippen molar-refractivity contribution < 1.29 is 4.79 Å². The lowest BCUT2D eigenvalue weighted by Gasteiger charge is -2.07. The Morgan fingerprint density at radius 3 is 2.28 bits per heavy atom. The number of nitrogens with zero attached hydrogens (tertiary/aromatic N) is 6. The molecule has 4 aromatic rings. The number of carbonyl (C=O) groups excluding carboxylic acids is 1. The van der Waals surface area contributed by atoms with Gasteiger partial charge in [-0.05, 0) is 13.8 Å². The van der Waals surface area contributed by atoms with Crippen LogP contribution in [0.4, 0.5) is 10.3 Å². The molecule has 1 atom stereocenters. The fraction of sp³-hybridized carbons (Fsp3) is 0.130. The van der Waals surface area contributed by atoms with Gasteiger partial charge in [0.05, 0.1) is 11.4 Å². The Morgan fingerprint density at radius 1 is 0.938 bits per heavy atom. The molecule has 0 N–H and O–H groups in total. The van der Waals surface area contributed by atoms with Gasteiger partial charge in [-0.15, -0.1) is 16.5 Å². The van der Waals surface area contributed by atoms with E-state index in [1.807, 2.05) is 79.9 Å². The molecule has 0 saturated heterocycles. The Balaban J connectivity index is 1.50. The average Bonchev–Trinajstić information content (AvgIpc) is 3.51. The Bertz CT molecular complexity index is 1310. The van der Waals surface area contributed by atoms with Crippen molar-refractivity contribution in [2.24, 2.45) is 15.3 Å². The quantitative estimate of drug-likeness (QED) is 0.355. The van der Waals surface area contributed by atoms with E-state index in [-0.39, 0.29) is 5.91 Å². The minimum absolute atomic E-state index is 0.286. The zero-order valence-corrected chi connectivity index (χ0v) is 19.0. The summed E-state index contributed by atoms with van der Waals surface area (Å²) in [5.41, 5.74) is 4.06. The number of azo groups is 1. The van der Waals surface area contributed by atoms with E-state index < -0.39 is 6.04 Å². The van der Waals surface area contributed by atoms with Crippen molar-refractivity contribution in [3.8, 4) is 11.3 Å². The number of thiazole rings is 2. The first-order chi connectivity index (χ1) is 15.6. The molecule has 7 nitrogen and oxygen atoms in total. The summed E-state index contributed by atoms with van der Waals surface area (Å²) >= 11 is 2.82. The predicted octanol–water partition coefficient (Wildman–Crippen LogP) is 5.79. The number of benzene rings is 2. The van der Waals surface area contributed by atoms with Crippen molar-refractivity contribution in [1.82, 2.24) is 9.97 Å². The Labute approximate surface area is 192 Å². The molecule has 0 fully saturated rings. The summed E-state index contributed by atoms with van der Waals surface area (Å²) in [5.74, 6) is -0.286. The van der Waals surface area contributed by atoms with Crippen LogP contribution in [0.2, 0.25) is 0 Å². The monoisotopic (exact) mass is 458 g/mol. The van der Waals surface area contributed by atoms with Crippen molar-refractivity contribution in [1.29, 1.82) is 0 Å². The predicted molar refractivity (Wildman–Crippen MR) is 128 cm³/mol. The molecule has 5 rings (SSSR count). The number of carbonyl (C=O) groups is 1. The van der Waals surface area contributed by atoms with Gasteiger partial charge < -0.3 is 0 Å². The SMILES string of the molecule is Cc1nc(N=NC2C(=O)N(c3nc(-c4ccccc4)cs3)N=C2c2ccccc2)sc1C. The normalized spacial score (nSPS) is 16.2. The minimum atomic E-state index is -0.856. The van der Waals surface area contributed by atoms with Crippen molar-refractivity contribution in [2.45, 2.75) is 19.9 Å². The van der Waals surface area contributed by atoms with E-state index in [2.05, 4.69) is 25.3 Å². The van der Waals surface area contributed by atoms with Gasteiger partial charge in [-0.25, -0.2) is 9.97 Å². The van der Waals surface area contributed by atoms with Gasteiger partial charge in [-0.1, -0.05) is 72.0 Å². The van der Waals surface area contributed by atoms with Gasteiger partial charge in [0.15, 0.2) is 6.04 Å². The highest BCUT2D eigenvalue weighted by Gasteiger charge is 2.39. The summed E-state index contributed by atoms with van der Waals surface area (Å²) in [6, 6.07) is 18.5. The maximum Gasteiger partial charge on any atom is 0.282 e. The molecule has 2 aromatic heterocycles. The van der Waals surface area contributed by atoms with Crippen molar-refractivity contribution in [2.75, 3.05) is 5.01 Å². The minimum Gasteiger partial charge on any atom is -0.269 e. The number of hydrogen-bond donors (Lipinski definition) is 0. The number of hydrazone groups is 1. The third kappa shape index (κ3) is 3.88. The maximum atomic E-state index is 13.3. The second-order valence-electron chi connectivity index (χ2n) is 7.14. The number of amides is 1. The second kappa shape index (κ2) is 8.52. The zero-order valence-electron chi connectivity index (χ0n) is 17.3. The topological polar surface area (TPSA) is 83.2 Å². The molecule has 1 amide bonds. The van der Waals surface area contributed by atoms with E-state index >= 15 is 0 Å². The lowest BCUT2D eigenvalue weighted by atomic mass is 10.0. The van der Waals surface area contributed by atoms with Gasteiger partial charge in [0.1, 0.15) is 5.71 Å². The lowest BCUT2D eigenvalue weighted by molar-refractivity contribution is -0.117. The first-order valence-corrected chi connectivity index (χ1v) is 11.6. The van der Waals surface area contributed by atoms with Gasteiger partial charge in [0, 0.05) is 21.4 Å². The first-order valence-electron chi connectivity index (χ1n) is 9.94. The molecule has 3 heterocycles. The summed E-state index contributed by atoms with van der Waals surface area (Å²) < 4.78 is 0. The largest absolute Gasteiger partial charge is 0.282 e. The van der Waals surface area contributed by atoms with Crippen molar-refractivity contribution in [3.63, 3.8) is 0 Å². The van der Waals surface area contributed by atoms with Crippen LogP contribution in [0.1, 0.15) is 16.1 Å². The highest BCUT2D eigenvalue weighted by atomic mass is 32.1. The maximum absolute atomic E-state index is 13.3. The van der Waals surface area contributed by atoms with Gasteiger partial charge in [0.25, 0.3) is 5.91 Å². The van der Waals surface area contributed by atoms with Crippen LogP contribution < -0.4 is 5.01 Å². The van der Waals surface area contributed by atoms with E-state index in [0.29, 0.717) is 16.0 Å². The van der Waals surface area contributed by atoms with Crippen LogP contribution in [-0.4, -0.2) is 27.6 Å². The smallest absolute Gasteiger partial charge is 0.269 e. The molecule has 9 heteroatoms. The molecule has 32 heavy (non-hydrogen) atoms. The van der Waals surface area contributed by atoms with Gasteiger partial charge in [-0.3, -0.25) is 4.79 Å². The Hall–Kier alpha value is -3.56. The summed E-state index contributed by atoms with van der Waals surface area (Å²) in [6.07, 6.45) is 0. The molecule has 0 saturated carbocycles. The molecule has 2 aromatic carbocycles. The number of hydrogen-bond acceptors (Lipinski definition) is 8. The molecular formula is C23H18N6OS2. The summed E-state index contributed by atoms with van der Waals surface area (Å²) in [5, 5.41) is 17.5. The van der Waals surface area contributed by atoms with Crippen LogP contribution in [0.3, 0.4) is 0 Å². The van der Waals surface area contributed by atoms with E-state index in [1.165, 1.54) is 27.7 Å². The lowest BCUT2D eigenvalue weighted by Crippen LogP contribution is -2.30. The van der Waals surface area contributed by atoms with Crippen LogP contribution in [-0.2, 0) is 4.79 Å². The molecular weight excluding hydrogens is 440 g/mol. The van der Waals surface area contributed by atoms with E-state index in [1.54, 1.807) is 0 Å². The van der Waals surface area contributed by atoms with Crippen molar-refractivity contribution >= 4 is 44.6 Å². The fourth-order valence-electron chi connectivity index (χ4n) is 3.22. The fourth-order valence-corrected chi connectivity index (χ4v) is 4.74. The highest BCUT2D eigenvalue weighted by molar-refractivity contribution is 7.15. The summed E-state index contributed by atoms with van der Waals surface area (Å²) in [6.45, 7) is 3.91. The Morgan fingerprint density at radius 2 is 1.62 bits per heavy atom. The van der Waals surface area contributed by atoms with E-state index in [4.69, 9.17) is 0 Å². The standard InChI is InChI=1S/C23H18N6OS2/c1-14-15(2)32-22(24-14)27-26-20-19(17-11-7-4-8-12-17)28-29(21(20)30)23-25-18(13-31-23)16-9-5-3-6-10-16/h3-13,20H,1-2H3. The molecule has 1 unspecified atom stereocenters. The number of aryl methyl sites for hydroxylation is 2. The van der Waals surface area contributed by atoms with Crippen LogP contribution in [0.5, 0.6) is 0 Å². The van der Waals surface area contributed by atoms with Crippen molar-refractivity contribution in [3.05, 3.63) is 82.2 Å². The molecule has 0 spiro atoms. The van der Waals surface area contributed by atoms with E-state index in [0.717, 1.165) is 27.4 Å². The summed E-state index contributed by atoms with van der Waals surface area (Å²) in [7, 11) is 0. The van der Waals surface area contributed by atoms with Crippen LogP contribution in [0, 0.1) is 13.8 Å². The molecule has 1 aliphatic heterocycles. The second-order valence-corrected chi connectivity index (χ2v) is 9.16. The van der Waals surface area contributed by atoms with Crippen LogP contribution in [0.15, 0.2) is 81.4 Å². The average molecular weight is 459 g/mol. The highest BCUT2D eigenvalue weighted by Crippen LogP contribution is 2.32. The number of aromatic nitrogens is 2. The molecule has 0 radical (unpaired) electrons. The third-order valence-electron chi connectivity index (χ3n) is 5.00. The van der Waals surface area contributed by atoms with Gasteiger partial charge >= 0.3 is 0 Å². The molecule has 158 valence electrons. The molecule has 1 aliphatic rings. The molecule has 0 bridgehead atoms. The summed E-state index contributed by atoms with van der Waals surface area (Å²) in [4.78, 5) is 23.4. The number of anilines is 1. The van der Waals surface area contributed by atoms with E-state index in [9.17, 15) is 4.79 Å². The Kier molecular flexibility index (Phi) is 5.42. The van der Waals surface area contributed by atoms with Gasteiger partial charge in [-0.2, -0.15) is 15.2 Å². The zero-order chi connectivity index (χ0) is 22.1. The first kappa shape index (κ1) is 20.3. The third-order valence-corrected chi connectivity index (χ3v) is 6.77. The van der Waals surface area contributed by atoms with Crippen LogP contribution >= 0.6 is 22.7 Å². The van der Waals surface area contributed by atoms with Gasteiger partial charge in [0.2, 0.25) is 10.3 Å². The number of rotatable bonds is 5. The molecule has 0 aliphatic carbocycles. The van der Waals surface area contributed by atoms with Crippen LogP contribution in [0.25, 0.3) is 11.3 Å².